The van der Waals surface area contributed by atoms with Crippen molar-refractivity contribution in [2.45, 2.75) is 19.6 Å². The Bertz CT molecular complexity index is 933. The van der Waals surface area contributed by atoms with E-state index in [1.54, 1.807) is 6.20 Å². The van der Waals surface area contributed by atoms with Gasteiger partial charge in [-0.1, -0.05) is 12.1 Å². The number of aromatic hydroxyl groups is 1. The van der Waals surface area contributed by atoms with E-state index >= 15 is 0 Å². The molecular weight excluding hydrogens is 290 g/mol. The van der Waals surface area contributed by atoms with Crippen LogP contribution in [0.4, 0.5) is 0 Å². The predicted molar refractivity (Wildman–Crippen MR) is 88.2 cm³/mol. The Morgan fingerprint density at radius 1 is 1.17 bits per heavy atom. The van der Waals surface area contributed by atoms with Crippen LogP contribution in [0.5, 0.6) is 5.75 Å². The van der Waals surface area contributed by atoms with Gasteiger partial charge in [0.05, 0.1) is 11.7 Å². The summed E-state index contributed by atoms with van der Waals surface area (Å²) in [5, 5.41) is 10.7. The van der Waals surface area contributed by atoms with E-state index < -0.39 is 0 Å². The average Bonchev–Trinajstić information content (AvgIpc) is 2.56. The molecule has 116 valence electrons. The third-order valence-corrected chi connectivity index (χ3v) is 4.31. The molecule has 1 N–H and O–H groups in total. The molecule has 0 saturated heterocycles. The van der Waals surface area contributed by atoms with Crippen LogP contribution in [0, 0.1) is 0 Å². The van der Waals surface area contributed by atoms with Crippen LogP contribution in [0.15, 0.2) is 53.6 Å². The second-order valence-electron chi connectivity index (χ2n) is 5.95. The third kappa shape index (κ3) is 2.71. The van der Waals surface area contributed by atoms with Crippen molar-refractivity contribution < 1.29 is 5.11 Å². The van der Waals surface area contributed by atoms with Crippen LogP contribution in [0.3, 0.4) is 0 Å². The maximum absolute atomic E-state index is 11.6. The number of rotatable bonds is 2. The maximum atomic E-state index is 11.6. The number of benzene rings is 1. The Kier molecular flexibility index (Phi) is 3.35. The fraction of sp³-hybridized carbons (Fsp3) is 0.222. The monoisotopic (exact) mass is 307 g/mol. The quantitative estimate of drug-likeness (QED) is 0.788. The lowest BCUT2D eigenvalue weighted by atomic mass is 10.1. The molecule has 0 unspecified atom stereocenters. The van der Waals surface area contributed by atoms with Gasteiger partial charge in [-0.05, 0) is 23.8 Å². The SMILES string of the molecule is O=c1cc2n(cc1O)CCN(Cc1ccc3ncccc3c1)C2. The first kappa shape index (κ1) is 14.0. The largest absolute Gasteiger partial charge is 0.503 e. The van der Waals surface area contributed by atoms with E-state index in [1.165, 1.54) is 17.8 Å². The molecule has 2 aromatic heterocycles. The zero-order valence-corrected chi connectivity index (χ0v) is 12.6. The van der Waals surface area contributed by atoms with Crippen molar-refractivity contribution in [3.05, 3.63) is 70.3 Å². The fourth-order valence-electron chi connectivity index (χ4n) is 3.12. The van der Waals surface area contributed by atoms with E-state index in [0.29, 0.717) is 6.54 Å². The van der Waals surface area contributed by atoms with E-state index in [2.05, 4.69) is 28.1 Å². The molecule has 0 atom stereocenters. The number of hydrogen-bond acceptors (Lipinski definition) is 4. The molecule has 5 heteroatoms. The summed E-state index contributed by atoms with van der Waals surface area (Å²) in [6.07, 6.45) is 3.34. The van der Waals surface area contributed by atoms with Gasteiger partial charge in [-0.2, -0.15) is 0 Å². The third-order valence-electron chi connectivity index (χ3n) is 4.31. The van der Waals surface area contributed by atoms with Crippen LogP contribution < -0.4 is 5.43 Å². The van der Waals surface area contributed by atoms with Crippen molar-refractivity contribution in [2.75, 3.05) is 6.54 Å². The van der Waals surface area contributed by atoms with Crippen LogP contribution >= 0.6 is 0 Å². The summed E-state index contributed by atoms with van der Waals surface area (Å²) >= 11 is 0. The van der Waals surface area contributed by atoms with Crippen LogP contribution in [0.2, 0.25) is 0 Å². The topological polar surface area (TPSA) is 58.4 Å². The van der Waals surface area contributed by atoms with Crippen LogP contribution in [-0.2, 0) is 19.6 Å². The van der Waals surface area contributed by atoms with Crippen LogP contribution in [-0.4, -0.2) is 26.1 Å². The highest BCUT2D eigenvalue weighted by molar-refractivity contribution is 5.78. The van der Waals surface area contributed by atoms with Gasteiger partial charge < -0.3 is 9.67 Å². The van der Waals surface area contributed by atoms with E-state index in [-0.39, 0.29) is 11.2 Å². The first-order valence-corrected chi connectivity index (χ1v) is 7.67. The summed E-state index contributed by atoms with van der Waals surface area (Å²) in [5.41, 5.74) is 2.87. The minimum absolute atomic E-state index is 0.177. The maximum Gasteiger partial charge on any atom is 0.223 e. The second-order valence-corrected chi connectivity index (χ2v) is 5.95. The number of nitrogens with zero attached hydrogens (tertiary/aromatic N) is 3. The minimum atomic E-state index is -0.310. The molecule has 0 radical (unpaired) electrons. The van der Waals surface area contributed by atoms with Gasteiger partial charge in [0.15, 0.2) is 5.75 Å². The number of aromatic nitrogens is 2. The minimum Gasteiger partial charge on any atom is -0.503 e. The van der Waals surface area contributed by atoms with E-state index in [9.17, 15) is 9.90 Å². The zero-order valence-electron chi connectivity index (χ0n) is 12.6. The summed E-state index contributed by atoms with van der Waals surface area (Å²) in [7, 11) is 0. The molecule has 0 saturated carbocycles. The molecule has 3 aromatic rings. The first-order chi connectivity index (χ1) is 11.2. The van der Waals surface area contributed by atoms with Crippen molar-refractivity contribution in [3.8, 4) is 5.75 Å². The molecule has 0 spiro atoms. The van der Waals surface area contributed by atoms with Crippen molar-refractivity contribution in [2.24, 2.45) is 0 Å². The summed E-state index contributed by atoms with van der Waals surface area (Å²) in [5.74, 6) is -0.177. The molecule has 4 rings (SSSR count). The Labute approximate surface area is 133 Å². The molecule has 23 heavy (non-hydrogen) atoms. The van der Waals surface area contributed by atoms with E-state index in [1.807, 2.05) is 16.7 Å². The second kappa shape index (κ2) is 5.52. The molecule has 5 nitrogen and oxygen atoms in total. The fourth-order valence-corrected chi connectivity index (χ4v) is 3.12. The number of fused-ring (bicyclic) bond motifs is 2. The van der Waals surface area contributed by atoms with E-state index in [0.717, 1.165) is 36.2 Å². The molecular formula is C18H17N3O2. The van der Waals surface area contributed by atoms with Crippen LogP contribution in [0.1, 0.15) is 11.3 Å². The summed E-state index contributed by atoms with van der Waals surface area (Å²) in [6, 6.07) is 11.9. The molecule has 1 aromatic carbocycles. The number of hydrogen-bond donors (Lipinski definition) is 1. The van der Waals surface area contributed by atoms with Crippen molar-refractivity contribution >= 4 is 10.9 Å². The molecule has 1 aliphatic rings. The van der Waals surface area contributed by atoms with Gasteiger partial charge in [-0.25, -0.2) is 0 Å². The summed E-state index contributed by atoms with van der Waals surface area (Å²) < 4.78 is 1.96. The van der Waals surface area contributed by atoms with Gasteiger partial charge in [0.25, 0.3) is 0 Å². The van der Waals surface area contributed by atoms with Gasteiger partial charge in [-0.15, -0.1) is 0 Å². The normalized spacial score (nSPS) is 14.8. The lowest BCUT2D eigenvalue weighted by Gasteiger charge is -2.30. The Morgan fingerprint density at radius 2 is 2.09 bits per heavy atom. The summed E-state index contributed by atoms with van der Waals surface area (Å²) in [6.45, 7) is 3.21. The molecule has 1 aliphatic heterocycles. The van der Waals surface area contributed by atoms with Crippen molar-refractivity contribution in [1.82, 2.24) is 14.5 Å². The average molecular weight is 307 g/mol. The van der Waals surface area contributed by atoms with Gasteiger partial charge in [0.2, 0.25) is 5.43 Å². The highest BCUT2D eigenvalue weighted by atomic mass is 16.3. The summed E-state index contributed by atoms with van der Waals surface area (Å²) in [4.78, 5) is 18.3. The van der Waals surface area contributed by atoms with Gasteiger partial charge in [0, 0.05) is 49.5 Å². The standard InChI is InChI=1S/C18H17N3O2/c22-17-9-15-11-20(6-7-21(15)12-18(17)23)10-13-3-4-16-14(8-13)2-1-5-19-16/h1-5,8-9,12,23H,6-7,10-11H2. The molecule has 0 amide bonds. The zero-order chi connectivity index (χ0) is 15.8. The van der Waals surface area contributed by atoms with Gasteiger partial charge in [-0.3, -0.25) is 14.7 Å². The highest BCUT2D eigenvalue weighted by Gasteiger charge is 2.17. The number of pyridine rings is 2. The van der Waals surface area contributed by atoms with Crippen molar-refractivity contribution in [1.29, 1.82) is 0 Å². The Hall–Kier alpha value is -2.66. The smallest absolute Gasteiger partial charge is 0.223 e. The van der Waals surface area contributed by atoms with E-state index in [4.69, 9.17) is 0 Å². The molecule has 0 bridgehead atoms. The lowest BCUT2D eigenvalue weighted by Crippen LogP contribution is -2.34. The predicted octanol–water partition coefficient (Wildman–Crippen LogP) is 2.12. The molecule has 0 fully saturated rings. The van der Waals surface area contributed by atoms with Crippen molar-refractivity contribution in [3.63, 3.8) is 0 Å². The Morgan fingerprint density at radius 3 is 3.00 bits per heavy atom. The molecule has 0 aliphatic carbocycles. The van der Waals surface area contributed by atoms with Gasteiger partial charge in [0.1, 0.15) is 0 Å². The first-order valence-electron chi connectivity index (χ1n) is 7.67. The lowest BCUT2D eigenvalue weighted by molar-refractivity contribution is 0.210. The highest BCUT2D eigenvalue weighted by Crippen LogP contribution is 2.18. The molecule has 3 heterocycles. The Balaban J connectivity index is 1.57. The van der Waals surface area contributed by atoms with Crippen LogP contribution in [0.25, 0.3) is 10.9 Å². The van der Waals surface area contributed by atoms with Gasteiger partial charge >= 0.3 is 0 Å².